The predicted octanol–water partition coefficient (Wildman–Crippen LogP) is 3.50. The third-order valence-electron chi connectivity index (χ3n) is 4.03. The van der Waals surface area contributed by atoms with Crippen molar-refractivity contribution in [2.45, 2.75) is 20.4 Å². The topological polar surface area (TPSA) is 87.8 Å². The fourth-order valence-electron chi connectivity index (χ4n) is 2.72. The largest absolute Gasteiger partial charge is 0.322 e. The van der Waals surface area contributed by atoms with Crippen molar-refractivity contribution in [1.82, 2.24) is 9.55 Å². The maximum absolute atomic E-state index is 12.5. The first-order valence-electron chi connectivity index (χ1n) is 7.96. The molecule has 7 heteroatoms. The van der Waals surface area contributed by atoms with Gasteiger partial charge in [0.05, 0.1) is 21.6 Å². The number of carbonyl (C=O) groups is 1. The van der Waals surface area contributed by atoms with Gasteiger partial charge in [0.2, 0.25) is 0 Å². The molecule has 0 aliphatic carbocycles. The molecule has 0 saturated heterocycles. The summed E-state index contributed by atoms with van der Waals surface area (Å²) in [4.78, 5) is 29.0. The van der Waals surface area contributed by atoms with Crippen molar-refractivity contribution in [3.63, 3.8) is 0 Å². The average molecular weight is 367 g/mol. The SMILES string of the molecule is CCn1c(=O)c(C)nc2cc(C(=O)Nc3ccc(C#N)c(Cl)c3)ccc21. The van der Waals surface area contributed by atoms with E-state index in [1.165, 1.54) is 6.07 Å². The van der Waals surface area contributed by atoms with Crippen molar-refractivity contribution < 1.29 is 4.79 Å². The monoisotopic (exact) mass is 366 g/mol. The lowest BCUT2D eigenvalue weighted by Crippen LogP contribution is -2.23. The van der Waals surface area contributed by atoms with Crippen molar-refractivity contribution in [2.75, 3.05) is 5.32 Å². The standard InChI is InChI=1S/C19H15ClN4O2/c1-3-24-17-7-5-12(8-16(17)22-11(2)19(24)26)18(25)23-14-6-4-13(10-21)15(20)9-14/h4-9H,3H2,1-2H3,(H,23,25). The Bertz CT molecular complexity index is 1130. The number of rotatable bonds is 3. The molecule has 0 spiro atoms. The van der Waals surface area contributed by atoms with E-state index in [1.807, 2.05) is 13.0 Å². The van der Waals surface area contributed by atoms with Gasteiger partial charge < -0.3 is 9.88 Å². The number of nitriles is 1. The van der Waals surface area contributed by atoms with E-state index < -0.39 is 0 Å². The van der Waals surface area contributed by atoms with Crippen LogP contribution in [0, 0.1) is 18.3 Å². The summed E-state index contributed by atoms with van der Waals surface area (Å²) >= 11 is 5.99. The number of nitrogens with one attached hydrogen (secondary N) is 1. The lowest BCUT2D eigenvalue weighted by molar-refractivity contribution is 0.102. The van der Waals surface area contributed by atoms with Gasteiger partial charge in [-0.1, -0.05) is 11.6 Å². The summed E-state index contributed by atoms with van der Waals surface area (Å²) in [5.74, 6) is -0.332. The molecule has 1 heterocycles. The first-order valence-corrected chi connectivity index (χ1v) is 8.34. The Morgan fingerprint density at radius 1 is 1.31 bits per heavy atom. The fraction of sp³-hybridized carbons (Fsp3) is 0.158. The molecule has 130 valence electrons. The summed E-state index contributed by atoms with van der Waals surface area (Å²) < 4.78 is 1.62. The molecule has 1 amide bonds. The third-order valence-corrected chi connectivity index (χ3v) is 4.35. The Kier molecular flexibility index (Phi) is 4.74. The van der Waals surface area contributed by atoms with Crippen LogP contribution in [0.25, 0.3) is 11.0 Å². The number of aromatic nitrogens is 2. The van der Waals surface area contributed by atoms with Crippen LogP contribution in [0.3, 0.4) is 0 Å². The lowest BCUT2D eigenvalue weighted by atomic mass is 10.1. The van der Waals surface area contributed by atoms with Crippen molar-refractivity contribution in [3.05, 3.63) is 68.6 Å². The number of hydrogen-bond acceptors (Lipinski definition) is 4. The predicted molar refractivity (Wildman–Crippen MR) is 101 cm³/mol. The molecular weight excluding hydrogens is 352 g/mol. The molecule has 0 saturated carbocycles. The van der Waals surface area contributed by atoms with Crippen LogP contribution < -0.4 is 10.9 Å². The minimum atomic E-state index is -0.332. The van der Waals surface area contributed by atoms with Crippen molar-refractivity contribution in [3.8, 4) is 6.07 Å². The van der Waals surface area contributed by atoms with Gasteiger partial charge >= 0.3 is 0 Å². The molecule has 0 aliphatic rings. The first-order chi connectivity index (χ1) is 12.4. The molecule has 6 nitrogen and oxygen atoms in total. The van der Waals surface area contributed by atoms with Crippen LogP contribution in [0.4, 0.5) is 5.69 Å². The zero-order chi connectivity index (χ0) is 18.8. The second-order valence-electron chi connectivity index (χ2n) is 5.71. The quantitative estimate of drug-likeness (QED) is 0.768. The Hall–Kier alpha value is -3.17. The van der Waals surface area contributed by atoms with E-state index in [0.717, 1.165) is 0 Å². The molecule has 3 rings (SSSR count). The minimum absolute atomic E-state index is 0.135. The first kappa shape index (κ1) is 17.6. The van der Waals surface area contributed by atoms with Crippen LogP contribution in [0.2, 0.25) is 5.02 Å². The zero-order valence-electron chi connectivity index (χ0n) is 14.2. The highest BCUT2D eigenvalue weighted by Crippen LogP contribution is 2.21. The van der Waals surface area contributed by atoms with Crippen molar-refractivity contribution >= 4 is 34.2 Å². The van der Waals surface area contributed by atoms with E-state index in [9.17, 15) is 9.59 Å². The van der Waals surface area contributed by atoms with Crippen LogP contribution in [-0.2, 0) is 6.54 Å². The van der Waals surface area contributed by atoms with Gasteiger partial charge in [-0.3, -0.25) is 9.59 Å². The summed E-state index contributed by atoms with van der Waals surface area (Å²) in [5, 5.41) is 11.9. The molecule has 1 N–H and O–H groups in total. The molecule has 1 aromatic heterocycles. The maximum atomic E-state index is 12.5. The number of benzene rings is 2. The average Bonchev–Trinajstić information content (AvgIpc) is 2.62. The molecule has 0 fully saturated rings. The highest BCUT2D eigenvalue weighted by molar-refractivity contribution is 6.32. The van der Waals surface area contributed by atoms with Gasteiger partial charge in [0.1, 0.15) is 11.8 Å². The number of nitrogens with zero attached hydrogens (tertiary/aromatic N) is 3. The van der Waals surface area contributed by atoms with Crippen LogP contribution in [-0.4, -0.2) is 15.5 Å². The number of amides is 1. The van der Waals surface area contributed by atoms with E-state index in [4.69, 9.17) is 16.9 Å². The molecule has 2 aromatic carbocycles. The molecule has 0 radical (unpaired) electrons. The summed E-state index contributed by atoms with van der Waals surface area (Å²) in [5.41, 5.74) is 2.75. The minimum Gasteiger partial charge on any atom is -0.322 e. The number of fused-ring (bicyclic) bond motifs is 1. The second-order valence-corrected chi connectivity index (χ2v) is 6.12. The molecular formula is C19H15ClN4O2. The van der Waals surface area contributed by atoms with E-state index >= 15 is 0 Å². The molecule has 26 heavy (non-hydrogen) atoms. The Morgan fingerprint density at radius 3 is 2.73 bits per heavy atom. The highest BCUT2D eigenvalue weighted by Gasteiger charge is 2.12. The normalized spacial score (nSPS) is 10.5. The third kappa shape index (κ3) is 3.17. The summed E-state index contributed by atoms with van der Waals surface area (Å²) in [7, 11) is 0. The van der Waals surface area contributed by atoms with E-state index in [2.05, 4.69) is 10.3 Å². The Balaban J connectivity index is 1.96. The van der Waals surface area contributed by atoms with Crippen LogP contribution >= 0.6 is 11.6 Å². The zero-order valence-corrected chi connectivity index (χ0v) is 15.0. The summed E-state index contributed by atoms with van der Waals surface area (Å²) in [6.45, 7) is 4.06. The molecule has 0 aliphatic heterocycles. The van der Waals surface area contributed by atoms with Gasteiger partial charge in [-0.2, -0.15) is 5.26 Å². The van der Waals surface area contributed by atoms with Gasteiger partial charge in [-0.05, 0) is 50.2 Å². The highest BCUT2D eigenvalue weighted by atomic mass is 35.5. The number of hydrogen-bond donors (Lipinski definition) is 1. The summed E-state index contributed by atoms with van der Waals surface area (Å²) in [6, 6.07) is 11.7. The van der Waals surface area contributed by atoms with Crippen LogP contribution in [0.1, 0.15) is 28.5 Å². The smallest absolute Gasteiger partial charge is 0.272 e. The van der Waals surface area contributed by atoms with Gasteiger partial charge in [0.25, 0.3) is 11.5 Å². The van der Waals surface area contributed by atoms with Crippen molar-refractivity contribution in [1.29, 1.82) is 5.26 Å². The number of carbonyl (C=O) groups excluding carboxylic acids is 1. The second kappa shape index (κ2) is 6.98. The van der Waals surface area contributed by atoms with Gasteiger partial charge in [0, 0.05) is 17.8 Å². The molecule has 0 atom stereocenters. The van der Waals surface area contributed by atoms with Crippen molar-refractivity contribution in [2.24, 2.45) is 0 Å². The van der Waals surface area contributed by atoms with Gasteiger partial charge in [-0.25, -0.2) is 4.98 Å². The number of halogens is 1. The maximum Gasteiger partial charge on any atom is 0.272 e. The Labute approximate surface area is 154 Å². The molecule has 3 aromatic rings. The fourth-order valence-corrected chi connectivity index (χ4v) is 2.94. The van der Waals surface area contributed by atoms with Crippen LogP contribution in [0.5, 0.6) is 0 Å². The number of aryl methyl sites for hydroxylation is 2. The molecule has 0 unspecified atom stereocenters. The van der Waals surface area contributed by atoms with E-state index in [0.29, 0.717) is 40.1 Å². The lowest BCUT2D eigenvalue weighted by Gasteiger charge is -2.10. The van der Waals surface area contributed by atoms with Gasteiger partial charge in [-0.15, -0.1) is 0 Å². The van der Waals surface area contributed by atoms with E-state index in [-0.39, 0.29) is 16.5 Å². The van der Waals surface area contributed by atoms with Crippen LogP contribution in [0.15, 0.2) is 41.2 Å². The summed E-state index contributed by atoms with van der Waals surface area (Å²) in [6.07, 6.45) is 0. The molecule has 0 bridgehead atoms. The Morgan fingerprint density at radius 2 is 2.08 bits per heavy atom. The van der Waals surface area contributed by atoms with E-state index in [1.54, 1.807) is 41.8 Å². The van der Waals surface area contributed by atoms with Gasteiger partial charge in [0.15, 0.2) is 0 Å². The number of anilines is 1.